The van der Waals surface area contributed by atoms with Crippen molar-refractivity contribution in [1.82, 2.24) is 4.90 Å². The molecule has 96 valence electrons. The highest BCUT2D eigenvalue weighted by molar-refractivity contribution is 14.1. The fourth-order valence-electron chi connectivity index (χ4n) is 1.25. The van der Waals surface area contributed by atoms with Crippen LogP contribution in [0.1, 0.15) is 0 Å². The van der Waals surface area contributed by atoms with Gasteiger partial charge < -0.3 is 15.3 Å². The second-order valence-corrected chi connectivity index (χ2v) is 4.85. The molecule has 1 aromatic rings. The molecule has 0 aliphatic rings. The number of likely N-dealkylation sites (N-methyl/N-ethyl adjacent to an activating group) is 1. The van der Waals surface area contributed by atoms with Crippen molar-refractivity contribution in [3.63, 3.8) is 0 Å². The summed E-state index contributed by atoms with van der Waals surface area (Å²) in [5, 5.41) is 12.1. The minimum absolute atomic E-state index is 0.00653. The smallest absolute Gasteiger partial charge is 0.246 e. The number of halogens is 1. The van der Waals surface area contributed by atoms with E-state index in [1.807, 2.05) is 0 Å². The number of anilines is 1. The fraction of sp³-hybridized carbons (Fsp3) is 0.167. The second-order valence-electron chi connectivity index (χ2n) is 3.61. The van der Waals surface area contributed by atoms with Gasteiger partial charge in [-0.05, 0) is 46.9 Å². The van der Waals surface area contributed by atoms with Crippen LogP contribution >= 0.6 is 22.6 Å². The molecular weight excluding hydrogens is 347 g/mol. The first-order valence-electron chi connectivity index (χ1n) is 5.10. The van der Waals surface area contributed by atoms with E-state index >= 15 is 0 Å². The zero-order valence-corrected chi connectivity index (χ0v) is 12.0. The number of nitrogens with zero attached hydrogens (tertiary/aromatic N) is 1. The zero-order chi connectivity index (χ0) is 13.7. The summed E-state index contributed by atoms with van der Waals surface area (Å²) in [7, 11) is 1.50. The normalized spacial score (nSPS) is 9.67. The van der Waals surface area contributed by atoms with E-state index in [1.54, 1.807) is 12.1 Å². The number of aromatic hydroxyl groups is 1. The molecular formula is C12H13IN2O3. The third-order valence-corrected chi connectivity index (χ3v) is 2.84. The first-order chi connectivity index (χ1) is 8.43. The summed E-state index contributed by atoms with van der Waals surface area (Å²) in [4.78, 5) is 24.0. The molecule has 0 saturated heterocycles. The van der Waals surface area contributed by atoms with Crippen molar-refractivity contribution in [2.45, 2.75) is 0 Å². The van der Waals surface area contributed by atoms with Crippen molar-refractivity contribution in [2.75, 3.05) is 18.9 Å². The van der Waals surface area contributed by atoms with Crippen molar-refractivity contribution in [3.8, 4) is 5.75 Å². The lowest BCUT2D eigenvalue weighted by Crippen LogP contribution is -2.33. The molecule has 0 radical (unpaired) electrons. The van der Waals surface area contributed by atoms with E-state index in [1.165, 1.54) is 18.0 Å². The summed E-state index contributed by atoms with van der Waals surface area (Å²) in [6, 6.07) is 4.90. The fourth-order valence-corrected chi connectivity index (χ4v) is 1.72. The lowest BCUT2D eigenvalue weighted by molar-refractivity contribution is -0.129. The van der Waals surface area contributed by atoms with E-state index < -0.39 is 0 Å². The summed E-state index contributed by atoms with van der Waals surface area (Å²) in [6.45, 7) is 3.23. The van der Waals surface area contributed by atoms with Gasteiger partial charge in [0.25, 0.3) is 0 Å². The van der Waals surface area contributed by atoms with E-state index in [-0.39, 0.29) is 24.1 Å². The van der Waals surface area contributed by atoms with Crippen LogP contribution in [0.15, 0.2) is 30.9 Å². The maximum atomic E-state index is 11.6. The Kier molecular flexibility index (Phi) is 5.14. The maximum Gasteiger partial charge on any atom is 0.246 e. The number of rotatable bonds is 4. The number of phenolic OH excluding ortho intramolecular Hbond substituents is 1. The Labute approximate surface area is 119 Å². The van der Waals surface area contributed by atoms with Crippen molar-refractivity contribution >= 4 is 40.1 Å². The van der Waals surface area contributed by atoms with Gasteiger partial charge in [-0.2, -0.15) is 0 Å². The lowest BCUT2D eigenvalue weighted by Gasteiger charge is -2.15. The molecule has 1 rings (SSSR count). The van der Waals surface area contributed by atoms with Crippen LogP contribution in [0, 0.1) is 3.57 Å². The summed E-state index contributed by atoms with van der Waals surface area (Å²) in [5.74, 6) is -0.728. The standard InChI is InChI=1S/C12H13IN2O3/c1-3-12(18)15(2)7-11(17)14-9-5-4-8(13)6-10(9)16/h3-6,16H,1,7H2,2H3,(H,14,17). The highest BCUT2D eigenvalue weighted by Gasteiger charge is 2.11. The molecule has 0 aliphatic carbocycles. The van der Waals surface area contributed by atoms with E-state index in [0.717, 1.165) is 9.65 Å². The molecule has 0 aromatic heterocycles. The van der Waals surface area contributed by atoms with Gasteiger partial charge in [0, 0.05) is 10.6 Å². The number of nitrogens with one attached hydrogen (secondary N) is 1. The predicted molar refractivity (Wildman–Crippen MR) is 77.3 cm³/mol. The summed E-state index contributed by atoms with van der Waals surface area (Å²) in [6.07, 6.45) is 1.13. The minimum atomic E-state index is -0.385. The first kappa shape index (κ1) is 14.5. The average molecular weight is 360 g/mol. The number of hydrogen-bond donors (Lipinski definition) is 2. The molecule has 18 heavy (non-hydrogen) atoms. The van der Waals surface area contributed by atoms with E-state index in [4.69, 9.17) is 0 Å². The third kappa shape index (κ3) is 4.02. The van der Waals surface area contributed by atoms with Gasteiger partial charge in [-0.3, -0.25) is 9.59 Å². The van der Waals surface area contributed by atoms with Gasteiger partial charge in [0.1, 0.15) is 5.75 Å². The van der Waals surface area contributed by atoms with Crippen LogP contribution in [-0.2, 0) is 9.59 Å². The van der Waals surface area contributed by atoms with Gasteiger partial charge in [0.2, 0.25) is 11.8 Å². The second kappa shape index (κ2) is 6.39. The van der Waals surface area contributed by atoms with Crippen LogP contribution in [0.3, 0.4) is 0 Å². The highest BCUT2D eigenvalue weighted by Crippen LogP contribution is 2.24. The molecule has 0 atom stereocenters. The summed E-state index contributed by atoms with van der Waals surface area (Å²) < 4.78 is 0.863. The van der Waals surface area contributed by atoms with Gasteiger partial charge >= 0.3 is 0 Å². The van der Waals surface area contributed by atoms with Crippen LogP contribution in [-0.4, -0.2) is 35.4 Å². The Bertz CT molecular complexity index is 488. The van der Waals surface area contributed by atoms with E-state index in [9.17, 15) is 14.7 Å². The van der Waals surface area contributed by atoms with Gasteiger partial charge in [-0.25, -0.2) is 0 Å². The number of carbonyl (C=O) groups is 2. The Balaban J connectivity index is 2.65. The molecule has 2 amide bonds. The summed E-state index contributed by atoms with van der Waals surface area (Å²) >= 11 is 2.05. The van der Waals surface area contributed by atoms with Crippen LogP contribution in [0.2, 0.25) is 0 Å². The minimum Gasteiger partial charge on any atom is -0.506 e. The average Bonchev–Trinajstić information content (AvgIpc) is 2.31. The van der Waals surface area contributed by atoms with Crippen molar-refractivity contribution in [1.29, 1.82) is 0 Å². The maximum absolute atomic E-state index is 11.6. The molecule has 0 aliphatic heterocycles. The largest absolute Gasteiger partial charge is 0.506 e. The Hall–Kier alpha value is -1.57. The molecule has 0 bridgehead atoms. The predicted octanol–water partition coefficient (Wildman–Crippen LogP) is 1.58. The molecule has 2 N–H and O–H groups in total. The third-order valence-electron chi connectivity index (χ3n) is 2.17. The number of benzene rings is 1. The quantitative estimate of drug-likeness (QED) is 0.487. The SMILES string of the molecule is C=CC(=O)N(C)CC(=O)Nc1ccc(I)cc1O. The molecule has 1 aromatic carbocycles. The highest BCUT2D eigenvalue weighted by atomic mass is 127. The van der Waals surface area contributed by atoms with Crippen LogP contribution in [0.5, 0.6) is 5.75 Å². The Morgan fingerprint density at radius 2 is 2.22 bits per heavy atom. The van der Waals surface area contributed by atoms with Crippen LogP contribution in [0.25, 0.3) is 0 Å². The molecule has 0 unspecified atom stereocenters. The van der Waals surface area contributed by atoms with Crippen molar-refractivity contribution < 1.29 is 14.7 Å². The number of amides is 2. The molecule has 0 fully saturated rings. The summed E-state index contributed by atoms with van der Waals surface area (Å²) in [5.41, 5.74) is 0.319. The molecule has 6 heteroatoms. The first-order valence-corrected chi connectivity index (χ1v) is 6.18. The van der Waals surface area contributed by atoms with E-state index in [0.29, 0.717) is 5.69 Å². The zero-order valence-electron chi connectivity index (χ0n) is 9.81. The van der Waals surface area contributed by atoms with Gasteiger partial charge in [0.15, 0.2) is 0 Å². The van der Waals surface area contributed by atoms with Crippen LogP contribution < -0.4 is 5.32 Å². The topological polar surface area (TPSA) is 69.6 Å². The van der Waals surface area contributed by atoms with Crippen molar-refractivity contribution in [2.24, 2.45) is 0 Å². The van der Waals surface area contributed by atoms with Gasteiger partial charge in [-0.15, -0.1) is 0 Å². The molecule has 0 saturated carbocycles. The molecule has 5 nitrogen and oxygen atoms in total. The van der Waals surface area contributed by atoms with Crippen molar-refractivity contribution in [3.05, 3.63) is 34.4 Å². The van der Waals surface area contributed by atoms with Gasteiger partial charge in [-0.1, -0.05) is 6.58 Å². The number of carbonyl (C=O) groups excluding carboxylic acids is 2. The Morgan fingerprint density at radius 1 is 1.56 bits per heavy atom. The monoisotopic (exact) mass is 360 g/mol. The lowest BCUT2D eigenvalue weighted by atomic mass is 10.3. The number of phenols is 1. The molecule has 0 heterocycles. The Morgan fingerprint density at radius 3 is 2.78 bits per heavy atom. The number of hydrogen-bond acceptors (Lipinski definition) is 3. The van der Waals surface area contributed by atoms with Gasteiger partial charge in [0.05, 0.1) is 12.2 Å². The van der Waals surface area contributed by atoms with Crippen LogP contribution in [0.4, 0.5) is 5.69 Å². The van der Waals surface area contributed by atoms with E-state index in [2.05, 4.69) is 34.5 Å². The molecule has 0 spiro atoms.